The zero-order chi connectivity index (χ0) is 10.9. The van der Waals surface area contributed by atoms with Crippen LogP contribution < -0.4 is 17.0 Å². The SMILES string of the molecule is CCn1c(=O)cc(N)n(C(C)C)c1=O. The summed E-state index contributed by atoms with van der Waals surface area (Å²) in [4.78, 5) is 23.1. The molecule has 0 aliphatic rings. The molecular weight excluding hydrogens is 182 g/mol. The third kappa shape index (κ3) is 1.57. The van der Waals surface area contributed by atoms with Crippen LogP contribution >= 0.6 is 0 Å². The number of anilines is 1. The van der Waals surface area contributed by atoms with Crippen molar-refractivity contribution in [2.24, 2.45) is 0 Å². The van der Waals surface area contributed by atoms with Crippen molar-refractivity contribution in [1.82, 2.24) is 9.13 Å². The van der Waals surface area contributed by atoms with Gasteiger partial charge in [-0.15, -0.1) is 0 Å². The van der Waals surface area contributed by atoms with Crippen LogP contribution in [0.25, 0.3) is 0 Å². The zero-order valence-electron chi connectivity index (χ0n) is 8.65. The number of nitrogens with zero attached hydrogens (tertiary/aromatic N) is 2. The topological polar surface area (TPSA) is 70.0 Å². The summed E-state index contributed by atoms with van der Waals surface area (Å²) < 4.78 is 2.57. The summed E-state index contributed by atoms with van der Waals surface area (Å²) in [6.45, 7) is 5.82. The molecule has 0 aliphatic heterocycles. The van der Waals surface area contributed by atoms with Crippen LogP contribution in [-0.2, 0) is 6.54 Å². The molecule has 0 aliphatic carbocycles. The van der Waals surface area contributed by atoms with Gasteiger partial charge in [-0.05, 0) is 20.8 Å². The lowest BCUT2D eigenvalue weighted by Crippen LogP contribution is -2.40. The average Bonchev–Trinajstić information content (AvgIpc) is 2.02. The normalized spacial score (nSPS) is 10.9. The first-order valence-electron chi connectivity index (χ1n) is 4.60. The number of hydrogen-bond donors (Lipinski definition) is 1. The molecule has 0 spiro atoms. The molecule has 0 saturated carbocycles. The fourth-order valence-corrected chi connectivity index (χ4v) is 1.42. The monoisotopic (exact) mass is 197 g/mol. The van der Waals surface area contributed by atoms with Gasteiger partial charge in [-0.3, -0.25) is 13.9 Å². The number of aromatic nitrogens is 2. The molecule has 1 aromatic heterocycles. The van der Waals surface area contributed by atoms with Crippen LogP contribution in [0.5, 0.6) is 0 Å². The summed E-state index contributed by atoms with van der Waals surface area (Å²) in [5.41, 5.74) is 4.92. The van der Waals surface area contributed by atoms with E-state index in [9.17, 15) is 9.59 Å². The molecule has 0 saturated heterocycles. The highest BCUT2D eigenvalue weighted by molar-refractivity contribution is 5.27. The molecular formula is C9H15N3O2. The molecule has 0 atom stereocenters. The van der Waals surface area contributed by atoms with Gasteiger partial charge in [0.15, 0.2) is 0 Å². The maximum absolute atomic E-state index is 11.7. The van der Waals surface area contributed by atoms with Crippen molar-refractivity contribution in [3.63, 3.8) is 0 Å². The first kappa shape index (κ1) is 10.6. The van der Waals surface area contributed by atoms with Crippen molar-refractivity contribution < 1.29 is 0 Å². The number of nitrogen functional groups attached to an aromatic ring is 1. The molecule has 5 heteroatoms. The zero-order valence-corrected chi connectivity index (χ0v) is 8.65. The second-order valence-corrected chi connectivity index (χ2v) is 3.40. The maximum Gasteiger partial charge on any atom is 0.332 e. The lowest BCUT2D eigenvalue weighted by molar-refractivity contribution is 0.523. The molecule has 2 N–H and O–H groups in total. The molecule has 0 fully saturated rings. The predicted octanol–water partition coefficient (Wildman–Crippen LogP) is 0.193. The summed E-state index contributed by atoms with van der Waals surface area (Å²) in [6.07, 6.45) is 0. The van der Waals surface area contributed by atoms with Gasteiger partial charge < -0.3 is 5.73 Å². The van der Waals surface area contributed by atoms with Crippen LogP contribution in [0.4, 0.5) is 5.82 Å². The Morgan fingerprint density at radius 1 is 1.43 bits per heavy atom. The third-order valence-electron chi connectivity index (χ3n) is 2.09. The predicted molar refractivity (Wildman–Crippen MR) is 55.4 cm³/mol. The van der Waals surface area contributed by atoms with E-state index in [2.05, 4.69) is 0 Å². The Labute approximate surface area is 81.8 Å². The Kier molecular flexibility index (Phi) is 2.78. The van der Waals surface area contributed by atoms with E-state index in [1.54, 1.807) is 6.92 Å². The highest BCUT2D eigenvalue weighted by Gasteiger charge is 2.09. The van der Waals surface area contributed by atoms with Gasteiger partial charge >= 0.3 is 5.69 Å². The summed E-state index contributed by atoms with van der Waals surface area (Å²) in [7, 11) is 0. The molecule has 5 nitrogen and oxygen atoms in total. The minimum Gasteiger partial charge on any atom is -0.385 e. The molecule has 0 amide bonds. The lowest BCUT2D eigenvalue weighted by Gasteiger charge is -2.14. The van der Waals surface area contributed by atoms with Crippen molar-refractivity contribution in [2.45, 2.75) is 33.4 Å². The van der Waals surface area contributed by atoms with Gasteiger partial charge in [0.2, 0.25) is 0 Å². The largest absolute Gasteiger partial charge is 0.385 e. The van der Waals surface area contributed by atoms with Crippen LogP contribution in [0.1, 0.15) is 26.8 Å². The number of rotatable bonds is 2. The lowest BCUT2D eigenvalue weighted by atomic mass is 10.3. The van der Waals surface area contributed by atoms with Crippen LogP contribution in [0, 0.1) is 0 Å². The van der Waals surface area contributed by atoms with E-state index >= 15 is 0 Å². The molecule has 14 heavy (non-hydrogen) atoms. The molecule has 78 valence electrons. The van der Waals surface area contributed by atoms with Crippen molar-refractivity contribution in [2.75, 3.05) is 5.73 Å². The minimum atomic E-state index is -0.341. The summed E-state index contributed by atoms with van der Waals surface area (Å²) in [5, 5.41) is 0. The smallest absolute Gasteiger partial charge is 0.332 e. The van der Waals surface area contributed by atoms with E-state index in [4.69, 9.17) is 5.73 Å². The summed E-state index contributed by atoms with van der Waals surface area (Å²) >= 11 is 0. The maximum atomic E-state index is 11.7. The van der Waals surface area contributed by atoms with Gasteiger partial charge in [-0.2, -0.15) is 0 Å². The van der Waals surface area contributed by atoms with Crippen molar-refractivity contribution >= 4 is 5.82 Å². The summed E-state index contributed by atoms with van der Waals surface area (Å²) in [5.74, 6) is 0.222. The molecule has 0 radical (unpaired) electrons. The molecule has 0 bridgehead atoms. The van der Waals surface area contributed by atoms with Gasteiger partial charge in [0.1, 0.15) is 5.82 Å². The van der Waals surface area contributed by atoms with Gasteiger partial charge in [0.25, 0.3) is 5.56 Å². The second kappa shape index (κ2) is 3.69. The Hall–Kier alpha value is -1.52. The average molecular weight is 197 g/mol. The van der Waals surface area contributed by atoms with Crippen molar-refractivity contribution in [1.29, 1.82) is 0 Å². The van der Waals surface area contributed by atoms with Gasteiger partial charge in [-0.1, -0.05) is 0 Å². The van der Waals surface area contributed by atoms with Crippen molar-refractivity contribution in [3.05, 3.63) is 26.9 Å². The van der Waals surface area contributed by atoms with E-state index in [1.165, 1.54) is 10.6 Å². The quantitative estimate of drug-likeness (QED) is 0.736. The highest BCUT2D eigenvalue weighted by atomic mass is 16.2. The number of hydrogen-bond acceptors (Lipinski definition) is 3. The van der Waals surface area contributed by atoms with Crippen LogP contribution in [0.3, 0.4) is 0 Å². The van der Waals surface area contributed by atoms with Gasteiger partial charge in [-0.25, -0.2) is 4.79 Å². The Morgan fingerprint density at radius 2 is 2.00 bits per heavy atom. The van der Waals surface area contributed by atoms with E-state index in [0.717, 1.165) is 4.57 Å². The highest BCUT2D eigenvalue weighted by Crippen LogP contribution is 2.04. The fraction of sp³-hybridized carbons (Fsp3) is 0.556. The van der Waals surface area contributed by atoms with Crippen LogP contribution in [0.2, 0.25) is 0 Å². The van der Waals surface area contributed by atoms with Crippen molar-refractivity contribution in [3.8, 4) is 0 Å². The van der Waals surface area contributed by atoms with E-state index in [-0.39, 0.29) is 23.1 Å². The fourth-order valence-electron chi connectivity index (χ4n) is 1.42. The van der Waals surface area contributed by atoms with E-state index in [1.807, 2.05) is 13.8 Å². The van der Waals surface area contributed by atoms with Gasteiger partial charge in [0.05, 0.1) is 0 Å². The van der Waals surface area contributed by atoms with Crippen LogP contribution in [0.15, 0.2) is 15.7 Å². The Bertz CT molecular complexity index is 442. The van der Waals surface area contributed by atoms with E-state index in [0.29, 0.717) is 6.54 Å². The Balaban J connectivity index is 3.61. The van der Waals surface area contributed by atoms with E-state index < -0.39 is 0 Å². The molecule has 1 heterocycles. The van der Waals surface area contributed by atoms with Gasteiger partial charge in [0, 0.05) is 18.7 Å². The minimum absolute atomic E-state index is 0.0408. The first-order chi connectivity index (χ1) is 6.49. The number of nitrogens with two attached hydrogens (primary N) is 1. The second-order valence-electron chi connectivity index (χ2n) is 3.40. The molecule has 0 unspecified atom stereocenters. The summed E-state index contributed by atoms with van der Waals surface area (Å²) in [6, 6.07) is 1.24. The van der Waals surface area contributed by atoms with Crippen LogP contribution in [-0.4, -0.2) is 9.13 Å². The molecule has 0 aromatic carbocycles. The molecule has 1 aromatic rings. The molecule has 1 rings (SSSR count). The first-order valence-corrected chi connectivity index (χ1v) is 4.60. The third-order valence-corrected chi connectivity index (χ3v) is 2.09. The Morgan fingerprint density at radius 3 is 2.43 bits per heavy atom. The standard InChI is InChI=1S/C9H15N3O2/c1-4-11-8(13)5-7(10)12(6(2)3)9(11)14/h5-6H,4,10H2,1-3H3.